The second-order valence-corrected chi connectivity index (χ2v) is 3.61. The minimum absolute atomic E-state index is 0.225. The highest BCUT2D eigenvalue weighted by atomic mass is 16.5. The summed E-state index contributed by atoms with van der Waals surface area (Å²) in [5, 5.41) is 3.29. The maximum Gasteiger partial charge on any atom is 0.0951 e. The van der Waals surface area contributed by atoms with Crippen molar-refractivity contribution in [3.05, 3.63) is 24.2 Å². The van der Waals surface area contributed by atoms with E-state index in [9.17, 15) is 0 Å². The van der Waals surface area contributed by atoms with Crippen molar-refractivity contribution in [3.63, 3.8) is 0 Å². The molecule has 0 saturated heterocycles. The van der Waals surface area contributed by atoms with Crippen molar-refractivity contribution in [3.8, 4) is 0 Å². The molecule has 0 spiro atoms. The van der Waals surface area contributed by atoms with Crippen molar-refractivity contribution < 1.29 is 9.15 Å². The zero-order valence-corrected chi connectivity index (χ0v) is 9.82. The number of furan rings is 1. The van der Waals surface area contributed by atoms with Crippen LogP contribution in [0, 0.1) is 0 Å². The Morgan fingerprint density at radius 2 is 2.27 bits per heavy atom. The normalized spacial score (nSPS) is 15.1. The van der Waals surface area contributed by atoms with E-state index in [1.807, 2.05) is 20.0 Å². The smallest absolute Gasteiger partial charge is 0.0951 e. The average molecular weight is 211 g/mol. The highest BCUT2D eigenvalue weighted by molar-refractivity contribution is 5.13. The summed E-state index contributed by atoms with van der Waals surface area (Å²) in [6.45, 7) is 4.96. The molecule has 1 rings (SSSR count). The molecule has 0 amide bonds. The van der Waals surface area contributed by atoms with Gasteiger partial charge in [-0.2, -0.15) is 0 Å². The molecular formula is C12H21NO2. The molecule has 0 aliphatic heterocycles. The number of ether oxygens (including phenoxy) is 1. The molecule has 1 aromatic heterocycles. The number of likely N-dealkylation sites (N-methyl/N-ethyl adjacent to an activating group) is 1. The number of nitrogens with one attached hydrogen (secondary N) is 1. The Morgan fingerprint density at radius 1 is 1.47 bits per heavy atom. The third-order valence-electron chi connectivity index (χ3n) is 2.54. The van der Waals surface area contributed by atoms with Crippen LogP contribution in [0.4, 0.5) is 0 Å². The summed E-state index contributed by atoms with van der Waals surface area (Å²) in [6.07, 6.45) is 5.89. The molecule has 0 radical (unpaired) electrons. The summed E-state index contributed by atoms with van der Waals surface area (Å²) < 4.78 is 10.9. The van der Waals surface area contributed by atoms with Crippen molar-refractivity contribution in [2.75, 3.05) is 13.7 Å². The van der Waals surface area contributed by atoms with Crippen LogP contribution in [0.5, 0.6) is 0 Å². The molecule has 0 bridgehead atoms. The van der Waals surface area contributed by atoms with Crippen molar-refractivity contribution >= 4 is 0 Å². The molecule has 0 saturated carbocycles. The fraction of sp³-hybridized carbons (Fsp3) is 0.667. The van der Waals surface area contributed by atoms with Crippen LogP contribution < -0.4 is 5.32 Å². The summed E-state index contributed by atoms with van der Waals surface area (Å²) in [7, 11) is 1.96. The molecule has 0 fully saturated rings. The maximum atomic E-state index is 5.76. The molecule has 86 valence electrons. The van der Waals surface area contributed by atoms with E-state index in [1.54, 1.807) is 12.5 Å². The minimum Gasteiger partial charge on any atom is -0.472 e. The van der Waals surface area contributed by atoms with Gasteiger partial charge in [0.1, 0.15) is 0 Å². The lowest BCUT2D eigenvalue weighted by Crippen LogP contribution is -2.31. The quantitative estimate of drug-likeness (QED) is 0.753. The Labute approximate surface area is 91.8 Å². The predicted molar refractivity (Wildman–Crippen MR) is 60.8 cm³/mol. The van der Waals surface area contributed by atoms with Crippen LogP contribution in [0.3, 0.4) is 0 Å². The van der Waals surface area contributed by atoms with Gasteiger partial charge >= 0.3 is 0 Å². The summed E-state index contributed by atoms with van der Waals surface area (Å²) >= 11 is 0. The van der Waals surface area contributed by atoms with Crippen molar-refractivity contribution in [1.29, 1.82) is 0 Å². The molecule has 2 unspecified atom stereocenters. The Bertz CT molecular complexity index is 240. The molecular weight excluding hydrogens is 190 g/mol. The van der Waals surface area contributed by atoms with E-state index in [2.05, 4.69) is 12.2 Å². The van der Waals surface area contributed by atoms with E-state index in [1.165, 1.54) is 0 Å². The standard InChI is InChI=1S/C12H21NO2/c1-4-6-11(15-5-2)12(13-3)10-7-8-14-9-10/h7-9,11-13H,4-6H2,1-3H3. The van der Waals surface area contributed by atoms with Crippen LogP contribution in [-0.4, -0.2) is 19.8 Å². The molecule has 2 atom stereocenters. The predicted octanol–water partition coefficient (Wildman–Crippen LogP) is 2.75. The zero-order chi connectivity index (χ0) is 11.1. The Kier molecular flexibility index (Phi) is 5.43. The van der Waals surface area contributed by atoms with Gasteiger partial charge in [-0.3, -0.25) is 0 Å². The van der Waals surface area contributed by atoms with Crippen LogP contribution in [-0.2, 0) is 4.74 Å². The van der Waals surface area contributed by atoms with E-state index in [0.717, 1.165) is 25.0 Å². The largest absolute Gasteiger partial charge is 0.472 e. The van der Waals surface area contributed by atoms with Crippen LogP contribution in [0.1, 0.15) is 38.3 Å². The topological polar surface area (TPSA) is 34.4 Å². The Morgan fingerprint density at radius 3 is 2.73 bits per heavy atom. The van der Waals surface area contributed by atoms with Gasteiger partial charge in [0.05, 0.1) is 24.7 Å². The molecule has 0 aliphatic rings. The lowest BCUT2D eigenvalue weighted by Gasteiger charge is -2.25. The monoisotopic (exact) mass is 211 g/mol. The first kappa shape index (κ1) is 12.3. The van der Waals surface area contributed by atoms with Crippen LogP contribution in [0.15, 0.2) is 23.0 Å². The molecule has 0 aromatic carbocycles. The summed E-state index contributed by atoms with van der Waals surface area (Å²) in [6, 6.07) is 2.21. The second-order valence-electron chi connectivity index (χ2n) is 3.61. The zero-order valence-electron chi connectivity index (χ0n) is 9.82. The third-order valence-corrected chi connectivity index (χ3v) is 2.54. The van der Waals surface area contributed by atoms with Gasteiger partial charge in [0, 0.05) is 12.2 Å². The SMILES string of the molecule is CCCC(OCC)C(NC)c1ccoc1. The van der Waals surface area contributed by atoms with Gasteiger partial charge in [0.25, 0.3) is 0 Å². The van der Waals surface area contributed by atoms with E-state index < -0.39 is 0 Å². The highest BCUT2D eigenvalue weighted by Crippen LogP contribution is 2.22. The molecule has 1 aromatic rings. The molecule has 1 heterocycles. The lowest BCUT2D eigenvalue weighted by molar-refractivity contribution is 0.0294. The Balaban J connectivity index is 2.69. The first-order valence-electron chi connectivity index (χ1n) is 5.64. The van der Waals surface area contributed by atoms with Gasteiger partial charge < -0.3 is 14.5 Å². The summed E-state index contributed by atoms with van der Waals surface area (Å²) in [5.41, 5.74) is 1.16. The van der Waals surface area contributed by atoms with Crippen molar-refractivity contribution in [2.45, 2.75) is 38.8 Å². The van der Waals surface area contributed by atoms with E-state index in [4.69, 9.17) is 9.15 Å². The van der Waals surface area contributed by atoms with E-state index in [-0.39, 0.29) is 12.1 Å². The van der Waals surface area contributed by atoms with Crippen LogP contribution in [0.25, 0.3) is 0 Å². The van der Waals surface area contributed by atoms with Crippen LogP contribution in [0.2, 0.25) is 0 Å². The molecule has 15 heavy (non-hydrogen) atoms. The third kappa shape index (κ3) is 3.36. The Hall–Kier alpha value is -0.800. The van der Waals surface area contributed by atoms with Gasteiger partial charge in [-0.25, -0.2) is 0 Å². The van der Waals surface area contributed by atoms with Gasteiger partial charge in [-0.05, 0) is 26.5 Å². The molecule has 3 heteroatoms. The van der Waals surface area contributed by atoms with Gasteiger partial charge in [0.15, 0.2) is 0 Å². The molecule has 1 N–H and O–H groups in total. The van der Waals surface area contributed by atoms with Gasteiger partial charge in [-0.15, -0.1) is 0 Å². The van der Waals surface area contributed by atoms with E-state index >= 15 is 0 Å². The number of hydrogen-bond donors (Lipinski definition) is 1. The highest BCUT2D eigenvalue weighted by Gasteiger charge is 2.21. The van der Waals surface area contributed by atoms with Crippen molar-refractivity contribution in [2.24, 2.45) is 0 Å². The maximum absolute atomic E-state index is 5.76. The van der Waals surface area contributed by atoms with Gasteiger partial charge in [0.2, 0.25) is 0 Å². The second kappa shape index (κ2) is 6.64. The number of rotatable bonds is 7. The fourth-order valence-corrected chi connectivity index (χ4v) is 1.86. The van der Waals surface area contributed by atoms with E-state index in [0.29, 0.717) is 0 Å². The molecule has 0 aliphatic carbocycles. The first-order valence-corrected chi connectivity index (χ1v) is 5.64. The number of hydrogen-bond acceptors (Lipinski definition) is 3. The average Bonchev–Trinajstić information content (AvgIpc) is 2.73. The first-order chi connectivity index (χ1) is 7.33. The van der Waals surface area contributed by atoms with Crippen molar-refractivity contribution in [1.82, 2.24) is 5.32 Å². The summed E-state index contributed by atoms with van der Waals surface area (Å²) in [5.74, 6) is 0. The van der Waals surface area contributed by atoms with Crippen LogP contribution >= 0.6 is 0 Å². The minimum atomic E-state index is 0.225. The van der Waals surface area contributed by atoms with Gasteiger partial charge in [-0.1, -0.05) is 13.3 Å². The fourth-order valence-electron chi connectivity index (χ4n) is 1.86. The molecule has 3 nitrogen and oxygen atoms in total. The lowest BCUT2D eigenvalue weighted by atomic mass is 10.0. The summed E-state index contributed by atoms with van der Waals surface area (Å²) in [4.78, 5) is 0.